The van der Waals surface area contributed by atoms with Crippen LogP contribution in [0.1, 0.15) is 24.1 Å². The van der Waals surface area contributed by atoms with Crippen LogP contribution >= 0.6 is 0 Å². The lowest BCUT2D eigenvalue weighted by molar-refractivity contribution is -0.151. The number of carbonyl (C=O) groups excluding carboxylic acids is 2. The summed E-state index contributed by atoms with van der Waals surface area (Å²) in [6.45, 7) is 1.86. The van der Waals surface area contributed by atoms with Crippen LogP contribution in [0.2, 0.25) is 0 Å². The number of likely N-dealkylation sites (tertiary alicyclic amines) is 1. The van der Waals surface area contributed by atoms with Gasteiger partial charge in [-0.15, -0.1) is 0 Å². The van der Waals surface area contributed by atoms with Gasteiger partial charge in [0.2, 0.25) is 11.8 Å². The summed E-state index contributed by atoms with van der Waals surface area (Å²) in [5.41, 5.74) is 0.295. The quantitative estimate of drug-likeness (QED) is 0.458. The average Bonchev–Trinajstić information content (AvgIpc) is 3.42. The Labute approximate surface area is 183 Å². The first-order valence-electron chi connectivity index (χ1n) is 10.6. The number of H-pyrrole nitrogens is 1. The van der Waals surface area contributed by atoms with Gasteiger partial charge in [0.15, 0.2) is 0 Å². The number of rotatable bonds is 5. The molecule has 2 aliphatic heterocycles. The van der Waals surface area contributed by atoms with Crippen LogP contribution in [-0.4, -0.2) is 50.0 Å². The van der Waals surface area contributed by atoms with Crippen LogP contribution in [0.4, 0.5) is 0 Å². The summed E-state index contributed by atoms with van der Waals surface area (Å²) in [5.74, 6) is -4.16. The second-order valence-electron chi connectivity index (χ2n) is 8.42. The zero-order valence-corrected chi connectivity index (χ0v) is 17.4. The van der Waals surface area contributed by atoms with Crippen molar-refractivity contribution in [3.05, 3.63) is 65.9 Å². The largest absolute Gasteiger partial charge is 0.508 e. The van der Waals surface area contributed by atoms with Crippen LogP contribution in [0, 0.1) is 11.8 Å². The first-order chi connectivity index (χ1) is 15.4. The maximum atomic E-state index is 13.3. The minimum absolute atomic E-state index is 0.00812. The maximum Gasteiger partial charge on any atom is 0.325 e. The second-order valence-corrected chi connectivity index (χ2v) is 8.42. The topological polar surface area (TPSA) is 123 Å². The molecule has 0 spiro atoms. The van der Waals surface area contributed by atoms with Gasteiger partial charge < -0.3 is 15.2 Å². The molecule has 4 atom stereocenters. The molecule has 2 amide bonds. The molecule has 2 fully saturated rings. The highest BCUT2D eigenvalue weighted by Gasteiger charge is 2.68. The minimum atomic E-state index is -1.71. The van der Waals surface area contributed by atoms with Crippen LogP contribution < -0.4 is 5.32 Å². The van der Waals surface area contributed by atoms with E-state index in [2.05, 4.69) is 10.3 Å². The van der Waals surface area contributed by atoms with Gasteiger partial charge in [0.25, 0.3) is 0 Å². The van der Waals surface area contributed by atoms with Crippen LogP contribution in [0.3, 0.4) is 0 Å². The maximum absolute atomic E-state index is 13.3. The summed E-state index contributed by atoms with van der Waals surface area (Å²) in [4.78, 5) is 43.7. The summed E-state index contributed by atoms with van der Waals surface area (Å²) in [7, 11) is 0. The lowest BCUT2D eigenvalue weighted by Crippen LogP contribution is -2.57. The Bertz CT molecular complexity index is 1250. The number of amides is 2. The third-order valence-electron chi connectivity index (χ3n) is 6.86. The van der Waals surface area contributed by atoms with Crippen molar-refractivity contribution < 1.29 is 24.6 Å². The molecule has 164 valence electrons. The number of phenols is 1. The van der Waals surface area contributed by atoms with E-state index in [0.717, 1.165) is 21.4 Å². The van der Waals surface area contributed by atoms with Crippen molar-refractivity contribution in [1.29, 1.82) is 0 Å². The van der Waals surface area contributed by atoms with E-state index in [0.29, 0.717) is 5.56 Å². The predicted molar refractivity (Wildman–Crippen MR) is 116 cm³/mol. The lowest BCUT2D eigenvalue weighted by atomic mass is 9.76. The highest BCUT2D eigenvalue weighted by Crippen LogP contribution is 2.51. The number of aliphatic carboxylic acids is 1. The third-order valence-corrected chi connectivity index (χ3v) is 6.86. The number of carbonyl (C=O) groups is 3. The Hall–Kier alpha value is -3.65. The Morgan fingerprint density at radius 2 is 1.81 bits per heavy atom. The molecule has 2 aliphatic rings. The van der Waals surface area contributed by atoms with Crippen LogP contribution in [-0.2, 0) is 20.8 Å². The van der Waals surface area contributed by atoms with E-state index in [1.54, 1.807) is 31.3 Å². The van der Waals surface area contributed by atoms with Crippen LogP contribution in [0.5, 0.6) is 5.75 Å². The van der Waals surface area contributed by atoms with Gasteiger partial charge in [-0.3, -0.25) is 24.6 Å². The minimum Gasteiger partial charge on any atom is -0.508 e. The van der Waals surface area contributed by atoms with E-state index < -0.39 is 41.2 Å². The fourth-order valence-corrected chi connectivity index (χ4v) is 5.41. The molecular formula is C24H23N3O5. The highest BCUT2D eigenvalue weighted by molar-refractivity contribution is 6.09. The van der Waals surface area contributed by atoms with Crippen molar-refractivity contribution in [1.82, 2.24) is 15.2 Å². The highest BCUT2D eigenvalue weighted by atomic mass is 16.4. The number of para-hydroxylation sites is 2. The molecule has 5 rings (SSSR count). The zero-order valence-electron chi connectivity index (χ0n) is 17.4. The Kier molecular flexibility index (Phi) is 4.56. The number of carboxylic acids is 1. The zero-order chi connectivity index (χ0) is 22.6. The molecule has 2 saturated heterocycles. The van der Waals surface area contributed by atoms with E-state index in [1.165, 1.54) is 6.07 Å². The number of phenolic OH excluding ortho intramolecular Hbond substituents is 1. The van der Waals surface area contributed by atoms with Gasteiger partial charge >= 0.3 is 5.97 Å². The van der Waals surface area contributed by atoms with E-state index >= 15 is 0 Å². The Morgan fingerprint density at radius 3 is 2.53 bits per heavy atom. The molecular weight excluding hydrogens is 410 g/mol. The summed E-state index contributed by atoms with van der Waals surface area (Å²) >= 11 is 0. The van der Waals surface area contributed by atoms with Gasteiger partial charge in [-0.1, -0.05) is 36.4 Å². The number of hydrogen-bond acceptors (Lipinski definition) is 5. The van der Waals surface area contributed by atoms with Gasteiger partial charge in [-0.25, -0.2) is 0 Å². The lowest BCUT2D eigenvalue weighted by Gasteiger charge is -2.31. The number of benzene rings is 2. The third kappa shape index (κ3) is 2.69. The standard InChI is InChI=1S/C24H23N3O5/c1-2-27-21(29)18-19(22(27)30)24(23(31)32,26-20(18)15-8-4-6-10-17(15)28)11-13-12-25-16-9-5-3-7-14(13)16/h3-10,12,18-20,25-26,28H,2,11H2,1H3,(H,31,32)/t18-,19+,20-,24-/m0/s1. The van der Waals surface area contributed by atoms with Gasteiger partial charge in [0.05, 0.1) is 11.8 Å². The van der Waals surface area contributed by atoms with Crippen LogP contribution in [0.15, 0.2) is 54.7 Å². The molecule has 3 aromatic rings. The molecule has 1 aromatic heterocycles. The van der Waals surface area contributed by atoms with Crippen molar-refractivity contribution >= 4 is 28.7 Å². The predicted octanol–water partition coefficient (Wildman–Crippen LogP) is 2.21. The first-order valence-corrected chi connectivity index (χ1v) is 10.6. The number of imide groups is 1. The summed E-state index contributed by atoms with van der Waals surface area (Å²) < 4.78 is 0. The van der Waals surface area contributed by atoms with E-state index in [1.807, 2.05) is 24.3 Å². The van der Waals surface area contributed by atoms with Crippen molar-refractivity contribution in [2.75, 3.05) is 6.54 Å². The molecule has 0 unspecified atom stereocenters. The first kappa shape index (κ1) is 20.3. The van der Waals surface area contributed by atoms with E-state index in [4.69, 9.17) is 0 Å². The molecule has 8 heteroatoms. The van der Waals surface area contributed by atoms with Gasteiger partial charge in [-0.2, -0.15) is 0 Å². The normalized spacial score (nSPS) is 27.3. The molecule has 0 aliphatic carbocycles. The number of fused-ring (bicyclic) bond motifs is 2. The number of aromatic hydroxyl groups is 1. The second kappa shape index (κ2) is 7.20. The monoisotopic (exact) mass is 433 g/mol. The molecule has 3 heterocycles. The fourth-order valence-electron chi connectivity index (χ4n) is 5.41. The van der Waals surface area contributed by atoms with E-state index in [-0.39, 0.29) is 18.7 Å². The fraction of sp³-hybridized carbons (Fsp3) is 0.292. The van der Waals surface area contributed by atoms with Gasteiger partial charge in [0, 0.05) is 41.7 Å². The molecule has 4 N–H and O–H groups in total. The van der Waals surface area contributed by atoms with E-state index in [9.17, 15) is 24.6 Å². The summed E-state index contributed by atoms with van der Waals surface area (Å²) in [6.07, 6.45) is 1.76. The number of carboxylic acid groups (broad SMARTS) is 1. The van der Waals surface area contributed by atoms with Crippen LogP contribution in [0.25, 0.3) is 10.9 Å². The van der Waals surface area contributed by atoms with Crippen molar-refractivity contribution in [3.63, 3.8) is 0 Å². The SMILES string of the molecule is CCN1C(=O)[C@@H]2[C@H](c3ccccc3O)N[C@](Cc3c[nH]c4ccccc34)(C(=O)O)[C@H]2C1=O. The Morgan fingerprint density at radius 1 is 1.09 bits per heavy atom. The molecule has 32 heavy (non-hydrogen) atoms. The number of nitrogens with zero attached hydrogens (tertiary/aromatic N) is 1. The number of aromatic amines is 1. The molecule has 0 radical (unpaired) electrons. The number of hydrogen-bond donors (Lipinski definition) is 4. The summed E-state index contributed by atoms with van der Waals surface area (Å²) in [6, 6.07) is 13.2. The van der Waals surface area contributed by atoms with Crippen molar-refractivity contribution in [2.45, 2.75) is 24.9 Å². The molecule has 8 nitrogen and oxygen atoms in total. The number of aromatic nitrogens is 1. The molecule has 0 saturated carbocycles. The van der Waals surface area contributed by atoms with Gasteiger partial charge in [0.1, 0.15) is 11.3 Å². The Balaban J connectivity index is 1.68. The summed E-state index contributed by atoms with van der Waals surface area (Å²) in [5, 5.41) is 24.9. The van der Waals surface area contributed by atoms with Crippen molar-refractivity contribution in [3.8, 4) is 5.75 Å². The van der Waals surface area contributed by atoms with Crippen molar-refractivity contribution in [2.24, 2.45) is 11.8 Å². The van der Waals surface area contributed by atoms with Gasteiger partial charge in [-0.05, 0) is 24.6 Å². The molecule has 0 bridgehead atoms. The number of nitrogens with one attached hydrogen (secondary N) is 2. The molecule has 2 aromatic carbocycles. The smallest absolute Gasteiger partial charge is 0.325 e. The average molecular weight is 433 g/mol.